The molecule has 0 bridgehead atoms. The fraction of sp³-hybridized carbons (Fsp3) is 1.00. The summed E-state index contributed by atoms with van der Waals surface area (Å²) >= 11 is 0. The van der Waals surface area contributed by atoms with E-state index in [1.807, 2.05) is 13.8 Å². The Labute approximate surface area is 79.5 Å². The second-order valence-corrected chi connectivity index (χ2v) is 4.61. The predicted molar refractivity (Wildman–Crippen MR) is 51.2 cm³/mol. The monoisotopic (exact) mass is 210 g/mol. The molecule has 0 spiro atoms. The molecule has 0 aromatic carbocycles. The van der Waals surface area contributed by atoms with Crippen LogP contribution in [-0.4, -0.2) is 26.7 Å². The summed E-state index contributed by atoms with van der Waals surface area (Å²) < 4.78 is 23.4. The minimum atomic E-state index is -3.65. The molecule has 0 radical (unpaired) electrons. The molecule has 80 valence electrons. The third-order valence-corrected chi connectivity index (χ3v) is 3.03. The number of nitrogens with one attached hydrogen (secondary N) is 1. The Hall–Kier alpha value is -0.170. The van der Waals surface area contributed by atoms with Gasteiger partial charge in [0.05, 0.1) is 0 Å². The summed E-state index contributed by atoms with van der Waals surface area (Å²) in [7, 11) is -3.65. The fourth-order valence-electron chi connectivity index (χ4n) is 1.03. The van der Waals surface area contributed by atoms with Crippen molar-refractivity contribution in [2.24, 2.45) is 10.6 Å². The Kier molecular flexibility index (Phi) is 4.83. The Bertz CT molecular complexity index is 226. The van der Waals surface area contributed by atoms with Crippen LogP contribution < -0.4 is 9.86 Å². The van der Waals surface area contributed by atoms with Gasteiger partial charge in [0, 0.05) is 18.6 Å². The Morgan fingerprint density at radius 1 is 1.38 bits per heavy atom. The van der Waals surface area contributed by atoms with Crippen LogP contribution in [0.3, 0.4) is 0 Å². The van der Waals surface area contributed by atoms with Crippen molar-refractivity contribution < 1.29 is 13.5 Å². The van der Waals surface area contributed by atoms with Crippen LogP contribution in [0, 0.1) is 5.41 Å². The summed E-state index contributed by atoms with van der Waals surface area (Å²) in [5, 5.41) is 13.9. The van der Waals surface area contributed by atoms with Crippen LogP contribution in [0.5, 0.6) is 0 Å². The van der Waals surface area contributed by atoms with Crippen molar-refractivity contribution >= 4 is 10.2 Å². The zero-order valence-electron chi connectivity index (χ0n) is 8.08. The number of hydrogen-bond donors (Lipinski definition) is 3. The van der Waals surface area contributed by atoms with Crippen molar-refractivity contribution in [3.8, 4) is 0 Å². The molecule has 0 atom stereocenters. The van der Waals surface area contributed by atoms with Crippen LogP contribution in [0.4, 0.5) is 0 Å². The molecule has 0 unspecified atom stereocenters. The maximum Gasteiger partial charge on any atom is 0.274 e. The minimum Gasteiger partial charge on any atom is -0.396 e. The quantitative estimate of drug-likeness (QED) is 0.556. The number of nitrogens with two attached hydrogens (primary N) is 1. The van der Waals surface area contributed by atoms with Gasteiger partial charge in [-0.3, -0.25) is 0 Å². The highest BCUT2D eigenvalue weighted by molar-refractivity contribution is 7.87. The zero-order chi connectivity index (χ0) is 10.5. The molecule has 0 fully saturated rings. The lowest BCUT2D eigenvalue weighted by Crippen LogP contribution is -2.42. The van der Waals surface area contributed by atoms with Gasteiger partial charge in [-0.2, -0.15) is 8.42 Å². The molecule has 0 aromatic heterocycles. The first-order chi connectivity index (χ1) is 5.89. The maximum absolute atomic E-state index is 10.6. The van der Waals surface area contributed by atoms with Crippen LogP contribution in [0.2, 0.25) is 0 Å². The van der Waals surface area contributed by atoms with E-state index < -0.39 is 10.2 Å². The minimum absolute atomic E-state index is 0.0392. The molecule has 0 aliphatic carbocycles. The van der Waals surface area contributed by atoms with E-state index in [2.05, 4.69) is 4.72 Å². The lowest BCUT2D eigenvalue weighted by molar-refractivity contribution is 0.119. The van der Waals surface area contributed by atoms with E-state index in [0.29, 0.717) is 12.8 Å². The van der Waals surface area contributed by atoms with E-state index in [1.54, 1.807) is 0 Å². The first kappa shape index (κ1) is 12.8. The normalized spacial score (nSPS) is 13.2. The van der Waals surface area contributed by atoms with E-state index in [9.17, 15) is 8.42 Å². The number of aliphatic hydroxyl groups excluding tert-OH is 1. The highest BCUT2D eigenvalue weighted by atomic mass is 32.2. The van der Waals surface area contributed by atoms with E-state index in [0.717, 1.165) is 0 Å². The first-order valence-corrected chi connectivity index (χ1v) is 5.82. The van der Waals surface area contributed by atoms with Crippen molar-refractivity contribution in [1.82, 2.24) is 4.72 Å². The van der Waals surface area contributed by atoms with Crippen molar-refractivity contribution in [3.05, 3.63) is 0 Å². The van der Waals surface area contributed by atoms with Gasteiger partial charge < -0.3 is 5.11 Å². The van der Waals surface area contributed by atoms with Crippen molar-refractivity contribution in [2.45, 2.75) is 26.7 Å². The number of hydrogen-bond acceptors (Lipinski definition) is 3. The molecule has 4 N–H and O–H groups in total. The van der Waals surface area contributed by atoms with Gasteiger partial charge in [-0.15, -0.1) is 0 Å². The number of aliphatic hydroxyl groups is 1. The van der Waals surface area contributed by atoms with E-state index in [-0.39, 0.29) is 18.6 Å². The second kappa shape index (κ2) is 4.90. The topological polar surface area (TPSA) is 92.4 Å². The Morgan fingerprint density at radius 3 is 2.08 bits per heavy atom. The molecule has 0 saturated heterocycles. The molecule has 0 heterocycles. The molecule has 5 nitrogen and oxygen atoms in total. The van der Waals surface area contributed by atoms with Crippen LogP contribution in [0.15, 0.2) is 0 Å². The molecule has 13 heavy (non-hydrogen) atoms. The fourth-order valence-corrected chi connectivity index (χ4v) is 1.54. The summed E-state index contributed by atoms with van der Waals surface area (Å²) in [4.78, 5) is 0. The van der Waals surface area contributed by atoms with Gasteiger partial charge in [0.1, 0.15) is 0 Å². The van der Waals surface area contributed by atoms with Gasteiger partial charge in [0.15, 0.2) is 0 Å². The molecule has 0 saturated carbocycles. The molecule has 0 rings (SSSR count). The molecular formula is C7H18N2O3S. The van der Waals surface area contributed by atoms with Gasteiger partial charge in [-0.05, 0) is 12.8 Å². The lowest BCUT2D eigenvalue weighted by atomic mass is 9.84. The first-order valence-electron chi connectivity index (χ1n) is 4.27. The summed E-state index contributed by atoms with van der Waals surface area (Å²) in [6.07, 6.45) is 1.42. The average molecular weight is 210 g/mol. The predicted octanol–water partition coefficient (Wildman–Crippen LogP) is -0.422. The Balaban J connectivity index is 4.27. The molecule has 0 aromatic rings. The summed E-state index contributed by atoms with van der Waals surface area (Å²) in [6, 6.07) is 0. The van der Waals surface area contributed by atoms with E-state index >= 15 is 0 Å². The van der Waals surface area contributed by atoms with Crippen molar-refractivity contribution in [3.63, 3.8) is 0 Å². The number of rotatable bonds is 6. The molecule has 0 aliphatic rings. The van der Waals surface area contributed by atoms with Gasteiger partial charge in [0.2, 0.25) is 0 Å². The highest BCUT2D eigenvalue weighted by Gasteiger charge is 2.26. The van der Waals surface area contributed by atoms with Gasteiger partial charge in [0.25, 0.3) is 10.2 Å². The lowest BCUT2D eigenvalue weighted by Gasteiger charge is -2.28. The average Bonchev–Trinajstić information content (AvgIpc) is 2.06. The third kappa shape index (κ3) is 4.56. The zero-order valence-corrected chi connectivity index (χ0v) is 8.89. The van der Waals surface area contributed by atoms with Crippen molar-refractivity contribution in [1.29, 1.82) is 0 Å². The van der Waals surface area contributed by atoms with Crippen molar-refractivity contribution in [2.75, 3.05) is 13.2 Å². The van der Waals surface area contributed by atoms with E-state index in [1.165, 1.54) is 0 Å². The van der Waals surface area contributed by atoms with Gasteiger partial charge in [-0.25, -0.2) is 9.86 Å². The SMILES string of the molecule is CCC(CC)(CO)CNS(N)(=O)=O. The maximum atomic E-state index is 10.6. The largest absolute Gasteiger partial charge is 0.396 e. The highest BCUT2D eigenvalue weighted by Crippen LogP contribution is 2.24. The molecule has 0 aliphatic heterocycles. The van der Waals surface area contributed by atoms with Crippen LogP contribution in [0.1, 0.15) is 26.7 Å². The third-order valence-electron chi connectivity index (χ3n) is 2.48. The van der Waals surface area contributed by atoms with Crippen LogP contribution in [-0.2, 0) is 10.2 Å². The summed E-state index contributed by atoms with van der Waals surface area (Å²) in [5.41, 5.74) is -0.383. The van der Waals surface area contributed by atoms with Gasteiger partial charge >= 0.3 is 0 Å². The smallest absolute Gasteiger partial charge is 0.274 e. The molecule has 0 amide bonds. The summed E-state index contributed by atoms with van der Waals surface area (Å²) in [6.45, 7) is 3.97. The van der Waals surface area contributed by atoms with Crippen LogP contribution >= 0.6 is 0 Å². The summed E-state index contributed by atoms with van der Waals surface area (Å²) in [5.74, 6) is 0. The Morgan fingerprint density at radius 2 is 1.85 bits per heavy atom. The van der Waals surface area contributed by atoms with Crippen LogP contribution in [0.25, 0.3) is 0 Å². The standard InChI is InChI=1S/C7H18N2O3S/c1-3-7(4-2,6-10)5-9-13(8,11)12/h9-10H,3-6H2,1-2H3,(H2,8,11,12). The van der Waals surface area contributed by atoms with Gasteiger partial charge in [-0.1, -0.05) is 13.8 Å². The molecule has 6 heteroatoms. The molecular weight excluding hydrogens is 192 g/mol. The van der Waals surface area contributed by atoms with E-state index in [4.69, 9.17) is 10.2 Å². The second-order valence-electron chi connectivity index (χ2n) is 3.23.